The summed E-state index contributed by atoms with van der Waals surface area (Å²) in [6, 6.07) is 1.68. The zero-order valence-electron chi connectivity index (χ0n) is 9.36. The Balaban J connectivity index is 2.31. The lowest BCUT2D eigenvalue weighted by molar-refractivity contribution is -0.137. The molecule has 0 atom stereocenters. The third kappa shape index (κ3) is 2.70. The molecule has 3 N–H and O–H groups in total. The van der Waals surface area contributed by atoms with Crippen molar-refractivity contribution in [1.82, 2.24) is 14.8 Å². The van der Waals surface area contributed by atoms with E-state index in [9.17, 15) is 13.2 Å². The minimum atomic E-state index is -4.46. The lowest BCUT2D eigenvalue weighted by Gasteiger charge is -2.10. The van der Waals surface area contributed by atoms with Gasteiger partial charge in [-0.2, -0.15) is 18.3 Å². The van der Waals surface area contributed by atoms with Crippen molar-refractivity contribution < 1.29 is 13.2 Å². The highest BCUT2D eigenvalue weighted by Crippen LogP contribution is 2.31. The van der Waals surface area contributed by atoms with Crippen molar-refractivity contribution in [1.29, 1.82) is 0 Å². The molecule has 18 heavy (non-hydrogen) atoms. The Morgan fingerprint density at radius 3 is 2.61 bits per heavy atom. The molecule has 0 radical (unpaired) electrons. The summed E-state index contributed by atoms with van der Waals surface area (Å²) in [6.45, 7) is 0. The monoisotopic (exact) mass is 257 g/mol. The largest absolute Gasteiger partial charge is 0.416 e. The molecule has 0 aliphatic rings. The van der Waals surface area contributed by atoms with E-state index < -0.39 is 11.7 Å². The zero-order chi connectivity index (χ0) is 13.3. The first-order valence-electron chi connectivity index (χ1n) is 4.95. The van der Waals surface area contributed by atoms with Crippen LogP contribution in [0.1, 0.15) is 5.56 Å². The lowest BCUT2D eigenvalue weighted by Crippen LogP contribution is -2.08. The van der Waals surface area contributed by atoms with E-state index in [2.05, 4.69) is 15.4 Å². The molecule has 0 bridgehead atoms. The predicted molar refractivity (Wildman–Crippen MR) is 60.1 cm³/mol. The minimum absolute atomic E-state index is 0.0234. The van der Waals surface area contributed by atoms with Crippen LogP contribution in [0.4, 0.5) is 30.5 Å². The molecule has 8 heteroatoms. The van der Waals surface area contributed by atoms with Crippen LogP contribution in [0.2, 0.25) is 0 Å². The van der Waals surface area contributed by atoms with Crippen LogP contribution in [0.3, 0.4) is 0 Å². The molecule has 0 spiro atoms. The molecule has 0 saturated carbocycles. The van der Waals surface area contributed by atoms with E-state index >= 15 is 0 Å². The van der Waals surface area contributed by atoms with Crippen LogP contribution in [0.25, 0.3) is 0 Å². The molecular formula is C10H10F3N5. The summed E-state index contributed by atoms with van der Waals surface area (Å²) in [5.41, 5.74) is 5.03. The van der Waals surface area contributed by atoms with Gasteiger partial charge in [0, 0.05) is 13.2 Å². The van der Waals surface area contributed by atoms with E-state index in [0.29, 0.717) is 5.69 Å². The molecule has 2 aromatic rings. The van der Waals surface area contributed by atoms with E-state index in [-0.39, 0.29) is 11.6 Å². The molecule has 2 heterocycles. The number of hydrogen-bond acceptors (Lipinski definition) is 4. The summed E-state index contributed by atoms with van der Waals surface area (Å²) in [6.07, 6.45) is -1.38. The van der Waals surface area contributed by atoms with Gasteiger partial charge in [0.15, 0.2) is 0 Å². The first kappa shape index (κ1) is 12.2. The van der Waals surface area contributed by atoms with Crippen molar-refractivity contribution in [2.75, 3.05) is 11.1 Å². The van der Waals surface area contributed by atoms with Gasteiger partial charge in [-0.25, -0.2) is 4.98 Å². The van der Waals surface area contributed by atoms with E-state index in [1.807, 2.05) is 0 Å². The number of rotatable bonds is 2. The number of pyridine rings is 1. The van der Waals surface area contributed by atoms with Crippen LogP contribution >= 0.6 is 0 Å². The molecule has 5 nitrogen and oxygen atoms in total. The number of halogens is 3. The minimum Gasteiger partial charge on any atom is -0.384 e. The Bertz CT molecular complexity index is 561. The van der Waals surface area contributed by atoms with Gasteiger partial charge in [0.25, 0.3) is 0 Å². The van der Waals surface area contributed by atoms with Gasteiger partial charge >= 0.3 is 6.18 Å². The second-order valence-corrected chi connectivity index (χ2v) is 3.69. The Kier molecular flexibility index (Phi) is 2.85. The second-order valence-electron chi connectivity index (χ2n) is 3.69. The Morgan fingerprint density at radius 1 is 1.33 bits per heavy atom. The summed E-state index contributed by atoms with van der Waals surface area (Å²) in [5.74, 6) is -0.174. The average molecular weight is 257 g/mol. The quantitative estimate of drug-likeness (QED) is 0.865. The summed E-state index contributed by atoms with van der Waals surface area (Å²) < 4.78 is 39.2. The van der Waals surface area contributed by atoms with Crippen molar-refractivity contribution in [2.45, 2.75) is 6.18 Å². The van der Waals surface area contributed by atoms with E-state index in [1.165, 1.54) is 10.9 Å². The maximum atomic E-state index is 12.6. The average Bonchev–Trinajstić information content (AvgIpc) is 2.61. The predicted octanol–water partition coefficient (Wildman–Crippen LogP) is 2.16. The summed E-state index contributed by atoms with van der Waals surface area (Å²) in [4.78, 5) is 3.78. The van der Waals surface area contributed by atoms with Crippen molar-refractivity contribution in [3.8, 4) is 0 Å². The molecule has 0 aliphatic carbocycles. The zero-order valence-corrected chi connectivity index (χ0v) is 9.36. The normalized spacial score (nSPS) is 11.6. The summed E-state index contributed by atoms with van der Waals surface area (Å²) in [7, 11) is 1.69. The van der Waals surface area contributed by atoms with Gasteiger partial charge in [-0.05, 0) is 12.1 Å². The molecule has 0 unspecified atom stereocenters. The number of hydrogen-bond donors (Lipinski definition) is 2. The van der Waals surface area contributed by atoms with Gasteiger partial charge in [-0.15, -0.1) is 0 Å². The SMILES string of the molecule is Cn1cc(Nc2cc(C(F)(F)F)cc(N)n2)cn1. The summed E-state index contributed by atoms with van der Waals surface area (Å²) in [5, 5.41) is 6.58. The fraction of sp³-hybridized carbons (Fsp3) is 0.200. The Labute approximate surface area is 100 Å². The number of aromatic nitrogens is 3. The Morgan fingerprint density at radius 2 is 2.06 bits per heavy atom. The number of anilines is 3. The number of aryl methyl sites for hydroxylation is 1. The highest BCUT2D eigenvalue weighted by Gasteiger charge is 2.31. The molecule has 0 amide bonds. The van der Waals surface area contributed by atoms with E-state index in [1.54, 1.807) is 13.2 Å². The van der Waals surface area contributed by atoms with Gasteiger partial charge in [-0.1, -0.05) is 0 Å². The standard InChI is InChI=1S/C10H10F3N5/c1-18-5-7(4-15-18)16-9-3-6(10(11,12)13)2-8(14)17-9/h2-5H,1H3,(H3,14,16,17). The number of nitrogens with two attached hydrogens (primary N) is 1. The van der Waals surface area contributed by atoms with Crippen molar-refractivity contribution in [3.63, 3.8) is 0 Å². The third-order valence-corrected chi connectivity index (χ3v) is 2.15. The molecule has 0 aliphatic heterocycles. The molecule has 0 fully saturated rings. The summed E-state index contributed by atoms with van der Waals surface area (Å²) >= 11 is 0. The maximum absolute atomic E-state index is 12.6. The third-order valence-electron chi connectivity index (χ3n) is 2.15. The second kappa shape index (κ2) is 4.21. The lowest BCUT2D eigenvalue weighted by atomic mass is 10.2. The first-order chi connectivity index (χ1) is 8.34. The van der Waals surface area contributed by atoms with E-state index in [4.69, 9.17) is 5.73 Å². The van der Waals surface area contributed by atoms with Crippen molar-refractivity contribution in [3.05, 3.63) is 30.1 Å². The smallest absolute Gasteiger partial charge is 0.384 e. The topological polar surface area (TPSA) is 68.8 Å². The van der Waals surface area contributed by atoms with Crippen LogP contribution in [0, 0.1) is 0 Å². The molecular weight excluding hydrogens is 247 g/mol. The highest BCUT2D eigenvalue weighted by atomic mass is 19.4. The molecule has 2 aromatic heterocycles. The number of nitrogen functional groups attached to an aromatic ring is 1. The van der Waals surface area contributed by atoms with Crippen LogP contribution in [0.15, 0.2) is 24.5 Å². The van der Waals surface area contributed by atoms with Crippen LogP contribution in [-0.2, 0) is 13.2 Å². The maximum Gasteiger partial charge on any atom is 0.416 e. The van der Waals surface area contributed by atoms with Gasteiger partial charge in [0.1, 0.15) is 11.6 Å². The van der Waals surface area contributed by atoms with Crippen molar-refractivity contribution >= 4 is 17.3 Å². The fourth-order valence-corrected chi connectivity index (χ4v) is 1.41. The number of nitrogens with zero attached hydrogens (tertiary/aromatic N) is 3. The van der Waals surface area contributed by atoms with Gasteiger partial charge < -0.3 is 11.1 Å². The van der Waals surface area contributed by atoms with Crippen molar-refractivity contribution in [2.24, 2.45) is 7.05 Å². The van der Waals surface area contributed by atoms with Crippen LogP contribution < -0.4 is 11.1 Å². The van der Waals surface area contributed by atoms with Crippen LogP contribution in [0.5, 0.6) is 0 Å². The Hall–Kier alpha value is -2.25. The first-order valence-corrected chi connectivity index (χ1v) is 4.95. The van der Waals surface area contributed by atoms with Gasteiger partial charge in [-0.3, -0.25) is 4.68 Å². The van der Waals surface area contributed by atoms with Gasteiger partial charge in [0.05, 0.1) is 17.4 Å². The van der Waals surface area contributed by atoms with E-state index in [0.717, 1.165) is 12.1 Å². The number of alkyl halides is 3. The van der Waals surface area contributed by atoms with Crippen LogP contribution in [-0.4, -0.2) is 14.8 Å². The molecule has 2 rings (SSSR count). The highest BCUT2D eigenvalue weighted by molar-refractivity contribution is 5.57. The molecule has 0 aromatic carbocycles. The number of nitrogens with one attached hydrogen (secondary N) is 1. The molecule has 96 valence electrons. The van der Waals surface area contributed by atoms with Gasteiger partial charge in [0.2, 0.25) is 0 Å². The molecule has 0 saturated heterocycles. The fourth-order valence-electron chi connectivity index (χ4n) is 1.41.